The second-order valence-corrected chi connectivity index (χ2v) is 5.54. The van der Waals surface area contributed by atoms with Crippen molar-refractivity contribution >= 4 is 40.9 Å². The van der Waals surface area contributed by atoms with Crippen LogP contribution in [0.25, 0.3) is 6.08 Å². The molecule has 0 aliphatic carbocycles. The Kier molecular flexibility index (Phi) is 5.05. The fraction of sp³-hybridized carbons (Fsp3) is 0.118. The van der Waals surface area contributed by atoms with Crippen molar-refractivity contribution in [2.24, 2.45) is 0 Å². The van der Waals surface area contributed by atoms with Crippen molar-refractivity contribution in [3.05, 3.63) is 69.2 Å². The number of nitrogens with one attached hydrogen (secondary N) is 1. The smallest absolute Gasteiger partial charge is 0.248 e. The van der Waals surface area contributed by atoms with Crippen molar-refractivity contribution in [3.8, 4) is 0 Å². The number of hydrogen-bond acceptors (Lipinski definition) is 1. The number of benzene rings is 2. The fourth-order valence-electron chi connectivity index (χ4n) is 2.01. The van der Waals surface area contributed by atoms with Crippen LogP contribution in [0.1, 0.15) is 16.7 Å². The zero-order valence-corrected chi connectivity index (χ0v) is 13.3. The van der Waals surface area contributed by atoms with Crippen molar-refractivity contribution < 1.29 is 4.79 Å². The minimum absolute atomic E-state index is 0.219. The molecule has 0 bridgehead atoms. The molecular formula is C17H15Cl2NO. The second-order valence-electron chi connectivity index (χ2n) is 4.72. The molecule has 1 amide bonds. The minimum atomic E-state index is -0.219. The molecule has 1 N–H and O–H groups in total. The highest BCUT2D eigenvalue weighted by atomic mass is 35.5. The van der Waals surface area contributed by atoms with Crippen LogP contribution in [0.4, 0.5) is 5.69 Å². The fourth-order valence-corrected chi connectivity index (χ4v) is 2.53. The molecule has 2 aromatic carbocycles. The first-order valence-corrected chi connectivity index (χ1v) is 7.24. The first kappa shape index (κ1) is 15.6. The Hall–Kier alpha value is -1.77. The van der Waals surface area contributed by atoms with Gasteiger partial charge in [-0.3, -0.25) is 4.79 Å². The second kappa shape index (κ2) is 6.79. The molecule has 0 aromatic heterocycles. The summed E-state index contributed by atoms with van der Waals surface area (Å²) in [4.78, 5) is 12.0. The van der Waals surface area contributed by atoms with Gasteiger partial charge in [-0.2, -0.15) is 0 Å². The molecule has 0 unspecified atom stereocenters. The van der Waals surface area contributed by atoms with Crippen LogP contribution < -0.4 is 5.32 Å². The lowest BCUT2D eigenvalue weighted by atomic mass is 10.1. The van der Waals surface area contributed by atoms with E-state index >= 15 is 0 Å². The summed E-state index contributed by atoms with van der Waals surface area (Å²) in [5.41, 5.74) is 3.51. The van der Waals surface area contributed by atoms with Gasteiger partial charge in [0.05, 0.1) is 0 Å². The SMILES string of the molecule is Cc1cccc(C)c1NC(=O)C=Cc1c(Cl)cccc1Cl. The van der Waals surface area contributed by atoms with Crippen LogP contribution in [-0.2, 0) is 4.79 Å². The molecule has 108 valence electrons. The number of aryl methyl sites for hydroxylation is 2. The van der Waals surface area contributed by atoms with Crippen molar-refractivity contribution in [3.63, 3.8) is 0 Å². The monoisotopic (exact) mass is 319 g/mol. The average molecular weight is 320 g/mol. The van der Waals surface area contributed by atoms with Gasteiger partial charge in [0, 0.05) is 27.4 Å². The minimum Gasteiger partial charge on any atom is -0.322 e. The molecule has 0 aliphatic rings. The van der Waals surface area contributed by atoms with Crippen molar-refractivity contribution in [1.29, 1.82) is 0 Å². The zero-order valence-electron chi connectivity index (χ0n) is 11.8. The highest BCUT2D eigenvalue weighted by molar-refractivity contribution is 6.37. The summed E-state index contributed by atoms with van der Waals surface area (Å²) in [7, 11) is 0. The predicted molar refractivity (Wildman–Crippen MR) is 90.0 cm³/mol. The standard InChI is InChI=1S/C17H15Cl2NO/c1-11-5-3-6-12(2)17(11)20-16(21)10-9-13-14(18)7-4-8-15(13)19/h3-10H,1-2H3,(H,20,21). The number of hydrogen-bond donors (Lipinski definition) is 1. The highest BCUT2D eigenvalue weighted by Gasteiger charge is 2.06. The van der Waals surface area contributed by atoms with Crippen LogP contribution in [0.3, 0.4) is 0 Å². The van der Waals surface area contributed by atoms with Gasteiger partial charge >= 0.3 is 0 Å². The normalized spacial score (nSPS) is 10.9. The number of halogens is 2. The molecular weight excluding hydrogens is 305 g/mol. The Balaban J connectivity index is 2.17. The van der Waals surface area contributed by atoms with Gasteiger partial charge in [0.1, 0.15) is 0 Å². The van der Waals surface area contributed by atoms with Crippen LogP contribution in [0.5, 0.6) is 0 Å². The Bertz CT molecular complexity index is 667. The van der Waals surface area contributed by atoms with E-state index in [9.17, 15) is 4.79 Å². The molecule has 0 saturated heterocycles. The maximum Gasteiger partial charge on any atom is 0.248 e. The van der Waals surface area contributed by atoms with E-state index in [2.05, 4.69) is 5.32 Å². The van der Waals surface area contributed by atoms with Crippen LogP contribution in [0.2, 0.25) is 10.0 Å². The van der Waals surface area contributed by atoms with E-state index < -0.39 is 0 Å². The molecule has 0 atom stereocenters. The number of anilines is 1. The molecule has 0 heterocycles. The quantitative estimate of drug-likeness (QED) is 0.768. The van der Waals surface area contributed by atoms with Crippen LogP contribution in [-0.4, -0.2) is 5.91 Å². The zero-order chi connectivity index (χ0) is 15.4. The number of carbonyl (C=O) groups excluding carboxylic acids is 1. The topological polar surface area (TPSA) is 29.1 Å². The molecule has 2 rings (SSSR count). The Morgan fingerprint density at radius 3 is 2.10 bits per heavy atom. The van der Waals surface area contributed by atoms with Crippen LogP contribution in [0, 0.1) is 13.8 Å². The summed E-state index contributed by atoms with van der Waals surface area (Å²) < 4.78 is 0. The van der Waals surface area contributed by atoms with Crippen molar-refractivity contribution in [2.75, 3.05) is 5.32 Å². The Morgan fingerprint density at radius 2 is 1.52 bits per heavy atom. The van der Waals surface area contributed by atoms with Gasteiger partial charge in [0.25, 0.3) is 0 Å². The van der Waals surface area contributed by atoms with Crippen molar-refractivity contribution in [2.45, 2.75) is 13.8 Å². The molecule has 0 aliphatic heterocycles. The lowest BCUT2D eigenvalue weighted by Gasteiger charge is -2.09. The molecule has 0 radical (unpaired) electrons. The maximum atomic E-state index is 12.0. The lowest BCUT2D eigenvalue weighted by molar-refractivity contribution is -0.111. The summed E-state index contributed by atoms with van der Waals surface area (Å²) in [5, 5.41) is 3.90. The van der Waals surface area contributed by atoms with Crippen LogP contribution in [0.15, 0.2) is 42.5 Å². The first-order chi connectivity index (χ1) is 9.99. The molecule has 2 aromatic rings. The molecule has 0 fully saturated rings. The summed E-state index contributed by atoms with van der Waals surface area (Å²) in [6.45, 7) is 3.91. The van der Waals surface area contributed by atoms with E-state index in [4.69, 9.17) is 23.2 Å². The van der Waals surface area contributed by atoms with Gasteiger partial charge in [-0.15, -0.1) is 0 Å². The van der Waals surface area contributed by atoms with E-state index in [1.165, 1.54) is 6.08 Å². The Morgan fingerprint density at radius 1 is 1.00 bits per heavy atom. The van der Waals surface area contributed by atoms with Gasteiger partial charge in [0.15, 0.2) is 0 Å². The lowest BCUT2D eigenvalue weighted by Crippen LogP contribution is -2.10. The maximum absolute atomic E-state index is 12.0. The summed E-state index contributed by atoms with van der Waals surface area (Å²) in [5.74, 6) is -0.219. The van der Waals surface area contributed by atoms with Gasteiger partial charge in [-0.25, -0.2) is 0 Å². The third-order valence-electron chi connectivity index (χ3n) is 3.13. The molecule has 0 saturated carbocycles. The number of rotatable bonds is 3. The van der Waals surface area contributed by atoms with Crippen LogP contribution >= 0.6 is 23.2 Å². The summed E-state index contributed by atoms with van der Waals surface area (Å²) in [6.07, 6.45) is 3.05. The van der Waals surface area contributed by atoms with Gasteiger partial charge < -0.3 is 5.32 Å². The molecule has 21 heavy (non-hydrogen) atoms. The summed E-state index contributed by atoms with van der Waals surface area (Å²) >= 11 is 12.1. The average Bonchev–Trinajstić information content (AvgIpc) is 2.42. The van der Waals surface area contributed by atoms with E-state index in [1.807, 2.05) is 32.0 Å². The first-order valence-electron chi connectivity index (χ1n) is 6.48. The van der Waals surface area contributed by atoms with Gasteiger partial charge in [-0.05, 0) is 43.2 Å². The number of carbonyl (C=O) groups is 1. The van der Waals surface area contributed by atoms with E-state index in [-0.39, 0.29) is 5.91 Å². The van der Waals surface area contributed by atoms with E-state index in [0.29, 0.717) is 15.6 Å². The van der Waals surface area contributed by atoms with Gasteiger partial charge in [0.2, 0.25) is 5.91 Å². The summed E-state index contributed by atoms with van der Waals surface area (Å²) in [6, 6.07) is 11.1. The van der Waals surface area contributed by atoms with E-state index in [0.717, 1.165) is 16.8 Å². The third kappa shape index (κ3) is 3.87. The molecule has 2 nitrogen and oxygen atoms in total. The predicted octanol–water partition coefficient (Wildman–Crippen LogP) is 5.26. The van der Waals surface area contributed by atoms with Crippen molar-refractivity contribution in [1.82, 2.24) is 0 Å². The third-order valence-corrected chi connectivity index (χ3v) is 3.79. The van der Waals surface area contributed by atoms with Gasteiger partial charge in [-0.1, -0.05) is 47.5 Å². The number of amides is 1. The Labute approximate surface area is 134 Å². The van der Waals surface area contributed by atoms with E-state index in [1.54, 1.807) is 24.3 Å². The molecule has 0 spiro atoms. The number of para-hydroxylation sites is 1. The highest BCUT2D eigenvalue weighted by Crippen LogP contribution is 2.25. The molecule has 4 heteroatoms. The largest absolute Gasteiger partial charge is 0.322 e.